The number of methoxy groups -OCH3 is 2. The first-order chi connectivity index (χ1) is 17.9. The van der Waals surface area contributed by atoms with E-state index in [-0.39, 0.29) is 22.6 Å². The molecule has 4 rings (SSSR count). The summed E-state index contributed by atoms with van der Waals surface area (Å²) < 4.78 is 31.6. The van der Waals surface area contributed by atoms with Gasteiger partial charge in [-0.15, -0.1) is 0 Å². The third kappa shape index (κ3) is 6.00. The number of benzene rings is 3. The standard InChI is InChI=1S/C27H22O10/c1-32-23(28)16-8-12-19(13-9-16)34-25(30)21-22(37-27(36-21)18-6-4-3-5-7-18)26(31)35-20-14-10-17(11-15-20)24(29)33-2/h3-15,21-22,27H,1-2H3/t21-,22-/m1/s1. The first-order valence-electron chi connectivity index (χ1n) is 11.1. The lowest BCUT2D eigenvalue weighted by atomic mass is 10.2. The Bertz CT molecular complexity index is 1190. The van der Waals surface area contributed by atoms with Crippen molar-refractivity contribution in [3.05, 3.63) is 95.6 Å². The highest BCUT2D eigenvalue weighted by atomic mass is 16.8. The number of hydrogen-bond donors (Lipinski definition) is 0. The minimum absolute atomic E-state index is 0.120. The molecule has 3 aromatic carbocycles. The fourth-order valence-electron chi connectivity index (χ4n) is 3.47. The van der Waals surface area contributed by atoms with Crippen molar-refractivity contribution in [1.82, 2.24) is 0 Å². The molecule has 2 atom stereocenters. The molecule has 10 nitrogen and oxygen atoms in total. The average molecular weight is 506 g/mol. The molecule has 0 unspecified atom stereocenters. The van der Waals surface area contributed by atoms with E-state index < -0.39 is 42.4 Å². The Kier molecular flexibility index (Phi) is 7.92. The Morgan fingerprint density at radius 1 is 0.595 bits per heavy atom. The van der Waals surface area contributed by atoms with Crippen molar-refractivity contribution in [2.24, 2.45) is 0 Å². The van der Waals surface area contributed by atoms with Crippen LogP contribution >= 0.6 is 0 Å². The minimum atomic E-state index is -1.45. The summed E-state index contributed by atoms with van der Waals surface area (Å²) in [5, 5.41) is 0. The summed E-state index contributed by atoms with van der Waals surface area (Å²) >= 11 is 0. The Labute approximate surface area is 211 Å². The molecule has 1 saturated heterocycles. The number of ether oxygens (including phenoxy) is 6. The van der Waals surface area contributed by atoms with Gasteiger partial charge in [0.15, 0.2) is 18.5 Å². The summed E-state index contributed by atoms with van der Waals surface area (Å²) in [5.41, 5.74) is 1.12. The van der Waals surface area contributed by atoms with E-state index in [4.69, 9.17) is 18.9 Å². The van der Waals surface area contributed by atoms with Gasteiger partial charge in [-0.3, -0.25) is 0 Å². The zero-order valence-electron chi connectivity index (χ0n) is 19.8. The molecule has 1 aliphatic heterocycles. The molecule has 0 aliphatic carbocycles. The normalized spacial score (nSPS) is 17.0. The summed E-state index contributed by atoms with van der Waals surface area (Å²) in [6.45, 7) is 0. The van der Waals surface area contributed by atoms with E-state index >= 15 is 0 Å². The molecule has 3 aromatic rings. The smallest absolute Gasteiger partial charge is 0.344 e. The highest BCUT2D eigenvalue weighted by Crippen LogP contribution is 2.33. The molecule has 0 saturated carbocycles. The average Bonchev–Trinajstić information content (AvgIpc) is 3.39. The Balaban J connectivity index is 1.51. The van der Waals surface area contributed by atoms with Crippen molar-refractivity contribution in [2.75, 3.05) is 14.2 Å². The molecule has 10 heteroatoms. The second-order valence-electron chi connectivity index (χ2n) is 7.73. The van der Waals surface area contributed by atoms with E-state index in [1.807, 2.05) is 0 Å². The summed E-state index contributed by atoms with van der Waals surface area (Å²) in [7, 11) is 2.51. The van der Waals surface area contributed by atoms with Gasteiger partial charge in [0.25, 0.3) is 0 Å². The molecule has 0 aromatic heterocycles. The summed E-state index contributed by atoms with van der Waals surface area (Å²) in [5.74, 6) is -2.64. The van der Waals surface area contributed by atoms with Crippen LogP contribution in [0.3, 0.4) is 0 Å². The minimum Gasteiger partial charge on any atom is -0.465 e. The second-order valence-corrected chi connectivity index (χ2v) is 7.73. The van der Waals surface area contributed by atoms with Crippen molar-refractivity contribution in [3.63, 3.8) is 0 Å². The van der Waals surface area contributed by atoms with Crippen LogP contribution in [0.15, 0.2) is 78.9 Å². The molecule has 37 heavy (non-hydrogen) atoms. The van der Waals surface area contributed by atoms with Crippen molar-refractivity contribution < 1.29 is 47.6 Å². The molecule has 0 spiro atoms. The van der Waals surface area contributed by atoms with Crippen molar-refractivity contribution in [1.29, 1.82) is 0 Å². The second kappa shape index (κ2) is 11.5. The van der Waals surface area contributed by atoms with Gasteiger partial charge >= 0.3 is 23.9 Å². The van der Waals surface area contributed by atoms with Crippen LogP contribution < -0.4 is 9.47 Å². The maximum Gasteiger partial charge on any atom is 0.344 e. The molecule has 1 aliphatic rings. The van der Waals surface area contributed by atoms with Gasteiger partial charge in [-0.1, -0.05) is 30.3 Å². The van der Waals surface area contributed by atoms with E-state index in [0.29, 0.717) is 5.56 Å². The van der Waals surface area contributed by atoms with E-state index in [9.17, 15) is 19.2 Å². The maximum absolute atomic E-state index is 13.0. The zero-order valence-corrected chi connectivity index (χ0v) is 19.8. The SMILES string of the molecule is COC(=O)c1ccc(OC(=O)[C@@H]2OC(c3ccccc3)O[C@H]2C(=O)Oc2ccc(C(=O)OC)cc2)cc1. The largest absolute Gasteiger partial charge is 0.465 e. The molecule has 1 heterocycles. The lowest BCUT2D eigenvalue weighted by molar-refractivity contribution is -0.153. The first-order valence-corrected chi connectivity index (χ1v) is 11.1. The van der Waals surface area contributed by atoms with Crippen molar-refractivity contribution in [2.45, 2.75) is 18.5 Å². The molecule has 0 radical (unpaired) electrons. The van der Waals surface area contributed by atoms with Gasteiger partial charge in [-0.25, -0.2) is 19.2 Å². The highest BCUT2D eigenvalue weighted by Gasteiger charge is 2.48. The lowest BCUT2D eigenvalue weighted by Crippen LogP contribution is -2.41. The molecule has 0 amide bonds. The van der Waals surface area contributed by atoms with E-state index in [1.54, 1.807) is 30.3 Å². The number of carbonyl (C=O) groups excluding carboxylic acids is 4. The topological polar surface area (TPSA) is 124 Å². The molecule has 0 N–H and O–H groups in total. The van der Waals surface area contributed by atoms with Crippen LogP contribution in [-0.2, 0) is 28.5 Å². The van der Waals surface area contributed by atoms with Crippen molar-refractivity contribution >= 4 is 23.9 Å². The quantitative estimate of drug-likeness (QED) is 0.348. The monoisotopic (exact) mass is 506 g/mol. The van der Waals surface area contributed by atoms with Crippen LogP contribution in [0.2, 0.25) is 0 Å². The zero-order chi connectivity index (χ0) is 26.4. The van der Waals surface area contributed by atoms with Crippen LogP contribution in [0.5, 0.6) is 11.5 Å². The molecular weight excluding hydrogens is 484 g/mol. The predicted octanol–water partition coefficient (Wildman–Crippen LogP) is 3.25. The van der Waals surface area contributed by atoms with E-state index in [0.717, 1.165) is 0 Å². The Hall–Kier alpha value is -4.54. The maximum atomic E-state index is 13.0. The van der Waals surface area contributed by atoms with Gasteiger partial charge in [-0.05, 0) is 48.5 Å². The number of rotatable bonds is 7. The third-order valence-corrected chi connectivity index (χ3v) is 5.34. The van der Waals surface area contributed by atoms with E-state index in [2.05, 4.69) is 9.47 Å². The lowest BCUT2D eigenvalue weighted by Gasteiger charge is -2.15. The van der Waals surface area contributed by atoms with Gasteiger partial charge in [-0.2, -0.15) is 0 Å². The number of hydrogen-bond acceptors (Lipinski definition) is 10. The van der Waals surface area contributed by atoms with Gasteiger partial charge < -0.3 is 28.4 Å². The van der Waals surface area contributed by atoms with Gasteiger partial charge in [0.05, 0.1) is 25.3 Å². The van der Waals surface area contributed by atoms with Gasteiger partial charge in [0.2, 0.25) is 0 Å². The molecule has 1 fully saturated rings. The predicted molar refractivity (Wildman–Crippen MR) is 126 cm³/mol. The number of esters is 4. The third-order valence-electron chi connectivity index (χ3n) is 5.34. The van der Waals surface area contributed by atoms with Gasteiger partial charge in [0, 0.05) is 5.56 Å². The fourth-order valence-corrected chi connectivity index (χ4v) is 3.47. The Morgan fingerprint density at radius 3 is 1.38 bits per heavy atom. The fraction of sp³-hybridized carbons (Fsp3) is 0.185. The molecule has 190 valence electrons. The highest BCUT2D eigenvalue weighted by molar-refractivity contribution is 5.91. The summed E-state index contributed by atoms with van der Waals surface area (Å²) in [4.78, 5) is 49.3. The number of carbonyl (C=O) groups is 4. The van der Waals surface area contributed by atoms with Gasteiger partial charge in [0.1, 0.15) is 11.5 Å². The molecular formula is C27H22O10. The van der Waals surface area contributed by atoms with E-state index in [1.165, 1.54) is 62.8 Å². The summed E-state index contributed by atoms with van der Waals surface area (Å²) in [6.07, 6.45) is -3.93. The van der Waals surface area contributed by atoms with Crippen LogP contribution in [-0.4, -0.2) is 50.3 Å². The van der Waals surface area contributed by atoms with Crippen molar-refractivity contribution in [3.8, 4) is 11.5 Å². The summed E-state index contributed by atoms with van der Waals surface area (Å²) in [6, 6.07) is 20.1. The van der Waals surface area contributed by atoms with Crippen LogP contribution in [0.4, 0.5) is 0 Å². The van der Waals surface area contributed by atoms with Crippen LogP contribution in [0, 0.1) is 0 Å². The first kappa shape index (κ1) is 25.5. The van der Waals surface area contributed by atoms with Crippen LogP contribution in [0.1, 0.15) is 32.6 Å². The Morgan fingerprint density at radius 2 is 1.00 bits per heavy atom. The molecule has 0 bridgehead atoms. The van der Waals surface area contributed by atoms with Crippen LogP contribution in [0.25, 0.3) is 0 Å².